The van der Waals surface area contributed by atoms with Crippen molar-refractivity contribution in [2.45, 2.75) is 70.7 Å². The maximum absolute atomic E-state index is 12.6. The summed E-state index contributed by atoms with van der Waals surface area (Å²) in [6.07, 6.45) is 7.12. The largest absolute Gasteiger partial charge is 0.459 e. The molecule has 0 spiro atoms. The molecule has 1 heterocycles. The fraction of sp³-hybridized carbons (Fsp3) is 0.550. The Kier molecular flexibility index (Phi) is 4.58. The molecule has 2 unspecified atom stereocenters. The first kappa shape index (κ1) is 16.3. The normalized spacial score (nSPS) is 27.3. The molecule has 23 heavy (non-hydrogen) atoms. The molecular formula is C20H27NO2. The summed E-state index contributed by atoms with van der Waals surface area (Å²) >= 11 is 0. The lowest BCUT2D eigenvalue weighted by Crippen LogP contribution is -2.28. The molecule has 0 radical (unpaired) electrons. The molecule has 1 aliphatic carbocycles. The molecule has 3 nitrogen and oxygen atoms in total. The number of hydrogen-bond donors (Lipinski definition) is 0. The lowest BCUT2D eigenvalue weighted by Gasteiger charge is -2.19. The van der Waals surface area contributed by atoms with E-state index in [9.17, 15) is 4.79 Å². The Morgan fingerprint density at radius 2 is 1.96 bits per heavy atom. The molecule has 3 heteroatoms. The van der Waals surface area contributed by atoms with E-state index in [2.05, 4.69) is 35.2 Å². The van der Waals surface area contributed by atoms with Crippen LogP contribution >= 0.6 is 0 Å². The van der Waals surface area contributed by atoms with Crippen molar-refractivity contribution < 1.29 is 9.53 Å². The van der Waals surface area contributed by atoms with Crippen LogP contribution in [0.1, 0.15) is 52.0 Å². The maximum Gasteiger partial charge on any atom is 0.325 e. The number of nitrogens with zero attached hydrogens (tertiary/aromatic N) is 1. The number of benzene rings is 1. The highest BCUT2D eigenvalue weighted by atomic mass is 16.6. The van der Waals surface area contributed by atoms with Gasteiger partial charge in [0.25, 0.3) is 0 Å². The molecular weight excluding hydrogens is 286 g/mol. The lowest BCUT2D eigenvalue weighted by molar-refractivity contribution is -0.155. The first-order valence-corrected chi connectivity index (χ1v) is 8.67. The Morgan fingerprint density at radius 3 is 2.57 bits per heavy atom. The van der Waals surface area contributed by atoms with Crippen LogP contribution in [0.25, 0.3) is 0 Å². The Hall–Kier alpha value is -1.61. The Balaban J connectivity index is 1.74. The van der Waals surface area contributed by atoms with Crippen molar-refractivity contribution in [3.63, 3.8) is 0 Å². The minimum Gasteiger partial charge on any atom is -0.459 e. The third kappa shape index (κ3) is 4.03. The number of esters is 1. The highest BCUT2D eigenvalue weighted by Gasteiger charge is 2.55. The molecule has 124 valence electrons. The fourth-order valence-electron chi connectivity index (χ4n) is 3.44. The number of carbonyl (C=O) groups is 1. The van der Waals surface area contributed by atoms with Crippen LogP contribution in [0, 0.1) is 0 Å². The second-order valence-corrected chi connectivity index (χ2v) is 7.61. The van der Waals surface area contributed by atoms with Gasteiger partial charge in [-0.1, -0.05) is 42.0 Å². The first-order valence-electron chi connectivity index (χ1n) is 8.67. The average molecular weight is 313 g/mol. The van der Waals surface area contributed by atoms with Gasteiger partial charge in [0.05, 0.1) is 6.04 Å². The van der Waals surface area contributed by atoms with E-state index in [1.165, 1.54) is 24.0 Å². The predicted octanol–water partition coefficient (Wildman–Crippen LogP) is 4.08. The van der Waals surface area contributed by atoms with E-state index in [1.807, 2.05) is 26.8 Å². The van der Waals surface area contributed by atoms with Crippen LogP contribution in [0.2, 0.25) is 0 Å². The van der Waals surface area contributed by atoms with E-state index in [-0.39, 0.29) is 18.1 Å². The molecule has 0 N–H and O–H groups in total. The van der Waals surface area contributed by atoms with Crippen LogP contribution in [0.15, 0.2) is 42.0 Å². The minimum atomic E-state index is -0.427. The zero-order valence-corrected chi connectivity index (χ0v) is 14.4. The van der Waals surface area contributed by atoms with Gasteiger partial charge in [-0.05, 0) is 52.0 Å². The van der Waals surface area contributed by atoms with Crippen molar-refractivity contribution in [3.05, 3.63) is 47.5 Å². The molecule has 1 aromatic carbocycles. The van der Waals surface area contributed by atoms with Gasteiger partial charge >= 0.3 is 5.97 Å². The van der Waals surface area contributed by atoms with Gasteiger partial charge in [0.15, 0.2) is 0 Å². The van der Waals surface area contributed by atoms with Crippen molar-refractivity contribution in [3.8, 4) is 0 Å². The van der Waals surface area contributed by atoms with Gasteiger partial charge < -0.3 is 4.74 Å². The molecule has 3 rings (SSSR count). The first-order chi connectivity index (χ1) is 11.0. The van der Waals surface area contributed by atoms with Crippen LogP contribution in [-0.2, 0) is 16.1 Å². The number of carbonyl (C=O) groups excluding carboxylic acids is 1. The summed E-state index contributed by atoms with van der Waals surface area (Å²) in [5, 5.41) is 0. The molecule has 1 saturated heterocycles. The van der Waals surface area contributed by atoms with Crippen molar-refractivity contribution in [1.82, 2.24) is 4.90 Å². The van der Waals surface area contributed by atoms with Crippen LogP contribution in [0.5, 0.6) is 0 Å². The van der Waals surface area contributed by atoms with E-state index in [1.54, 1.807) is 0 Å². The molecule has 0 bridgehead atoms. The Morgan fingerprint density at radius 1 is 1.22 bits per heavy atom. The van der Waals surface area contributed by atoms with Crippen LogP contribution in [0.3, 0.4) is 0 Å². The third-order valence-electron chi connectivity index (χ3n) is 4.49. The van der Waals surface area contributed by atoms with Crippen molar-refractivity contribution in [2.75, 3.05) is 0 Å². The van der Waals surface area contributed by atoms with Gasteiger partial charge in [0, 0.05) is 6.54 Å². The van der Waals surface area contributed by atoms with Gasteiger partial charge in [-0.2, -0.15) is 0 Å². The Labute approximate surface area is 139 Å². The smallest absolute Gasteiger partial charge is 0.325 e. The zero-order valence-electron chi connectivity index (χ0n) is 14.4. The summed E-state index contributed by atoms with van der Waals surface area (Å²) in [5.41, 5.74) is 2.26. The lowest BCUT2D eigenvalue weighted by atomic mass is 9.96. The average Bonchev–Trinajstić information content (AvgIpc) is 3.21. The van der Waals surface area contributed by atoms with Crippen LogP contribution in [0.4, 0.5) is 0 Å². The highest BCUT2D eigenvalue weighted by molar-refractivity contribution is 5.82. The van der Waals surface area contributed by atoms with E-state index < -0.39 is 5.60 Å². The van der Waals surface area contributed by atoms with Gasteiger partial charge in [-0.25, -0.2) is 0 Å². The molecule has 0 amide bonds. The molecule has 2 aliphatic rings. The summed E-state index contributed by atoms with van der Waals surface area (Å²) in [7, 11) is 0. The summed E-state index contributed by atoms with van der Waals surface area (Å²) in [6.45, 7) is 6.61. The number of hydrogen-bond acceptors (Lipinski definition) is 3. The number of rotatable bonds is 4. The van der Waals surface area contributed by atoms with E-state index in [0.29, 0.717) is 0 Å². The molecule has 1 aliphatic heterocycles. The van der Waals surface area contributed by atoms with Gasteiger partial charge in [0.1, 0.15) is 11.6 Å². The summed E-state index contributed by atoms with van der Waals surface area (Å²) in [6, 6.07) is 10.5. The van der Waals surface area contributed by atoms with E-state index >= 15 is 0 Å². The third-order valence-corrected chi connectivity index (χ3v) is 4.49. The molecule has 0 aromatic heterocycles. The van der Waals surface area contributed by atoms with Gasteiger partial charge in [0.2, 0.25) is 0 Å². The van der Waals surface area contributed by atoms with Crippen molar-refractivity contribution in [2.24, 2.45) is 0 Å². The van der Waals surface area contributed by atoms with Gasteiger partial charge in [-0.15, -0.1) is 0 Å². The fourth-order valence-corrected chi connectivity index (χ4v) is 3.44. The van der Waals surface area contributed by atoms with E-state index in [0.717, 1.165) is 19.4 Å². The maximum atomic E-state index is 12.6. The molecule has 3 atom stereocenters. The predicted molar refractivity (Wildman–Crippen MR) is 92.0 cm³/mol. The molecule has 1 aromatic rings. The van der Waals surface area contributed by atoms with Gasteiger partial charge in [-0.3, -0.25) is 9.69 Å². The Bertz CT molecular complexity index is 585. The zero-order chi connectivity index (χ0) is 16.4. The SMILES string of the molecule is CC(C)(C)OC(=O)[C@H]1C(C2=CCCCC2)N1Cc1ccccc1. The second kappa shape index (κ2) is 6.48. The van der Waals surface area contributed by atoms with Crippen molar-refractivity contribution >= 4 is 5.97 Å². The van der Waals surface area contributed by atoms with Crippen LogP contribution in [-0.4, -0.2) is 28.6 Å². The highest BCUT2D eigenvalue weighted by Crippen LogP contribution is 2.41. The second-order valence-electron chi connectivity index (χ2n) is 7.61. The molecule has 1 fully saturated rings. The van der Waals surface area contributed by atoms with E-state index in [4.69, 9.17) is 4.74 Å². The summed E-state index contributed by atoms with van der Waals surface area (Å²) < 4.78 is 5.64. The summed E-state index contributed by atoms with van der Waals surface area (Å²) in [4.78, 5) is 14.9. The summed E-state index contributed by atoms with van der Waals surface area (Å²) in [5.74, 6) is -0.0788. The number of allylic oxidation sites excluding steroid dienone is 1. The van der Waals surface area contributed by atoms with Crippen LogP contribution < -0.4 is 0 Å². The topological polar surface area (TPSA) is 29.3 Å². The minimum absolute atomic E-state index is 0.0788. The quantitative estimate of drug-likeness (QED) is 0.476. The monoisotopic (exact) mass is 313 g/mol. The molecule has 0 saturated carbocycles. The standard InChI is InChI=1S/C20H27NO2/c1-20(2,3)23-19(22)18-17(16-12-8-5-9-13-16)21(18)14-15-10-6-4-7-11-15/h4,6-7,10-12,17-18H,5,8-9,13-14H2,1-3H3/t17?,18-,21?/m1/s1. The number of ether oxygens (including phenoxy) is 1. The van der Waals surface area contributed by atoms with Crippen molar-refractivity contribution in [1.29, 1.82) is 0 Å².